The third-order valence-electron chi connectivity index (χ3n) is 12.2. The molecule has 1 aromatic heterocycles. The molecule has 84 heavy (non-hydrogen) atoms. The maximum Gasteiger partial charge on any atom is 0.320 e. The molecule has 2 atom stereocenters. The van der Waals surface area contributed by atoms with Gasteiger partial charge in [-0.2, -0.15) is 13.5 Å². The lowest BCUT2D eigenvalue weighted by molar-refractivity contribution is -0.145. The Morgan fingerprint density at radius 1 is 0.536 bits per heavy atom. The summed E-state index contributed by atoms with van der Waals surface area (Å²) in [7, 11) is 0. The molecule has 0 saturated carbocycles. The van der Waals surface area contributed by atoms with Crippen molar-refractivity contribution in [3.8, 4) is 5.75 Å². The zero-order chi connectivity index (χ0) is 61.8. The van der Waals surface area contributed by atoms with Crippen molar-refractivity contribution in [3.05, 3.63) is 63.6 Å². The van der Waals surface area contributed by atoms with Gasteiger partial charge in [0, 0.05) is 96.8 Å². The molecular weight excluding hydrogens is 1140 g/mol. The summed E-state index contributed by atoms with van der Waals surface area (Å²) in [5.74, 6) is -16.0. The fourth-order valence-corrected chi connectivity index (χ4v) is 7.94. The molecule has 1 saturated heterocycles. The Hall–Kier alpha value is -6.95. The van der Waals surface area contributed by atoms with E-state index < -0.39 is 108 Å². The summed E-state index contributed by atoms with van der Waals surface area (Å²) < 4.78 is 90.9. The number of nitrogens with one attached hydrogen (secondary N) is 3. The van der Waals surface area contributed by atoms with E-state index in [1.807, 2.05) is 0 Å². The summed E-state index contributed by atoms with van der Waals surface area (Å²) >= 11 is 0. The minimum atomic E-state index is -1.84. The molecule has 2 heterocycles. The molecule has 1 aromatic carbocycles. The summed E-state index contributed by atoms with van der Waals surface area (Å²) in [6, 6.07) is 1.55. The summed E-state index contributed by atoms with van der Waals surface area (Å²) in [6.07, 6.45) is -1.18. The van der Waals surface area contributed by atoms with Crippen molar-refractivity contribution in [2.24, 2.45) is 0 Å². The number of nitrogens with zero attached hydrogens (tertiary/aromatic N) is 5. The lowest BCUT2D eigenvalue weighted by Crippen LogP contribution is -2.52. The molecule has 33 heteroatoms. The number of esters is 1. The smallest absolute Gasteiger partial charge is 0.320 e. The number of pyridine rings is 1. The van der Waals surface area contributed by atoms with E-state index in [-0.39, 0.29) is 195 Å². The first-order valence-electron chi connectivity index (χ1n) is 26.7. The van der Waals surface area contributed by atoms with Gasteiger partial charge in [-0.1, -0.05) is 6.07 Å². The summed E-state index contributed by atoms with van der Waals surface area (Å²) in [5.41, 5.74) is -0.786. The van der Waals surface area contributed by atoms with Crippen molar-refractivity contribution in [1.82, 2.24) is 40.3 Å². The fourth-order valence-electron chi connectivity index (χ4n) is 7.94. The SMILES string of the molecule is O=C(O)CN1CCN(CC(=O)O)CCN([C@H](CCC(=O)NCCC(=O)NC(COCCOCCOCCNC(=O)CCOCCOCCOCCC(=O)Oc2c(F)c(F)cc(F)c2F)c2cccc(=O)n2O)C(=O)O)CCN(CC(=O)O)CC1. The van der Waals surface area contributed by atoms with E-state index in [0.29, 0.717) is 4.73 Å². The Bertz CT molecular complexity index is 2430. The second-order valence-electron chi connectivity index (χ2n) is 18.5. The second-order valence-corrected chi connectivity index (χ2v) is 18.5. The van der Waals surface area contributed by atoms with Crippen LogP contribution in [0.3, 0.4) is 0 Å². The standard InChI is InChI=1S/C51H74F4N8O21/c52-35-30-36(53)49(55)50(48(35)54)84-47(74)8-20-79-23-26-81-25-22-78-19-7-41(65)57-10-21-80-24-27-82-28-29-83-34-37(38-2-1-3-43(67)63(38)77)58-42(66)6-9-56-40(64)5-4-39(51(75)76)62-17-15-60(32-45(70)71)13-11-59(31-44(68)69)12-14-61(16-18-62)33-46(72)73/h1-3,30,37,39,77H,4-29,31-34H2,(H,56,64)(H,57,65)(H,58,66)(H,68,69)(H,70,71)(H,72,73)(H,75,76)/t37?,39-/m1/s1. The van der Waals surface area contributed by atoms with E-state index in [1.54, 1.807) is 4.90 Å². The number of hydrogen-bond acceptors (Lipinski definition) is 21. The van der Waals surface area contributed by atoms with Crippen molar-refractivity contribution >= 4 is 47.6 Å². The molecule has 0 bridgehead atoms. The molecule has 1 unspecified atom stereocenters. The summed E-state index contributed by atoms with van der Waals surface area (Å²) in [4.78, 5) is 116. The minimum Gasteiger partial charge on any atom is -0.480 e. The van der Waals surface area contributed by atoms with Crippen molar-refractivity contribution in [3.63, 3.8) is 0 Å². The van der Waals surface area contributed by atoms with Crippen molar-refractivity contribution < 1.29 is 115 Å². The number of aromatic nitrogens is 1. The van der Waals surface area contributed by atoms with Crippen LogP contribution in [0.1, 0.15) is 43.8 Å². The molecule has 2 aromatic rings. The first kappa shape index (κ1) is 71.3. The molecule has 8 N–H and O–H groups in total. The van der Waals surface area contributed by atoms with Gasteiger partial charge in [-0.05, 0) is 12.5 Å². The van der Waals surface area contributed by atoms with E-state index in [4.69, 9.17) is 28.4 Å². The van der Waals surface area contributed by atoms with Crippen LogP contribution in [0.25, 0.3) is 0 Å². The molecule has 3 amide bonds. The van der Waals surface area contributed by atoms with Crippen LogP contribution in [0.5, 0.6) is 5.75 Å². The quantitative estimate of drug-likeness (QED) is 0.00951. The van der Waals surface area contributed by atoms with E-state index >= 15 is 0 Å². The first-order chi connectivity index (χ1) is 40.1. The van der Waals surface area contributed by atoms with Gasteiger partial charge in [-0.15, -0.1) is 0 Å². The number of rotatable bonds is 40. The number of ether oxygens (including phenoxy) is 7. The van der Waals surface area contributed by atoms with Crippen LogP contribution in [0.15, 0.2) is 29.1 Å². The Morgan fingerprint density at radius 2 is 0.988 bits per heavy atom. The Morgan fingerprint density at radius 3 is 1.50 bits per heavy atom. The highest BCUT2D eigenvalue weighted by Gasteiger charge is 2.29. The van der Waals surface area contributed by atoms with Crippen LogP contribution in [-0.2, 0) is 66.8 Å². The average Bonchev–Trinajstić information content (AvgIpc) is 3.64. The van der Waals surface area contributed by atoms with Crippen LogP contribution in [0.4, 0.5) is 17.6 Å². The average molecular weight is 1210 g/mol. The lowest BCUT2D eigenvalue weighted by Gasteiger charge is -2.35. The summed E-state index contributed by atoms with van der Waals surface area (Å²) in [6.45, 7) is 0.269. The van der Waals surface area contributed by atoms with Gasteiger partial charge < -0.3 is 74.7 Å². The number of amides is 3. The van der Waals surface area contributed by atoms with Crippen molar-refractivity contribution in [2.75, 3.05) is 164 Å². The van der Waals surface area contributed by atoms with Crippen LogP contribution < -0.4 is 26.2 Å². The normalized spacial score (nSPS) is 14.8. The largest absolute Gasteiger partial charge is 0.480 e. The highest BCUT2D eigenvalue weighted by atomic mass is 19.2. The third kappa shape index (κ3) is 29.5. The van der Waals surface area contributed by atoms with Crippen LogP contribution >= 0.6 is 0 Å². The number of aliphatic carboxylic acids is 4. The molecule has 472 valence electrons. The molecule has 3 rings (SSSR count). The van der Waals surface area contributed by atoms with Crippen LogP contribution in [0, 0.1) is 23.3 Å². The van der Waals surface area contributed by atoms with Crippen LogP contribution in [0.2, 0.25) is 0 Å². The zero-order valence-corrected chi connectivity index (χ0v) is 46.2. The van der Waals surface area contributed by atoms with Crippen molar-refractivity contribution in [1.29, 1.82) is 0 Å². The van der Waals surface area contributed by atoms with Gasteiger partial charge in [0.2, 0.25) is 35.1 Å². The van der Waals surface area contributed by atoms with E-state index in [9.17, 15) is 86.3 Å². The van der Waals surface area contributed by atoms with Gasteiger partial charge in [0.1, 0.15) is 6.04 Å². The maximum absolute atomic E-state index is 13.6. The Balaban J connectivity index is 1.29. The lowest BCUT2D eigenvalue weighted by atomic mass is 10.1. The minimum absolute atomic E-state index is 0.00769. The third-order valence-corrected chi connectivity index (χ3v) is 12.2. The van der Waals surface area contributed by atoms with Gasteiger partial charge in [-0.25, -0.2) is 8.78 Å². The van der Waals surface area contributed by atoms with Gasteiger partial charge in [0.05, 0.1) is 117 Å². The van der Waals surface area contributed by atoms with Gasteiger partial charge >= 0.3 is 29.8 Å². The van der Waals surface area contributed by atoms with Gasteiger partial charge in [0.15, 0.2) is 11.6 Å². The topological polar surface area (TPSA) is 373 Å². The predicted octanol–water partition coefficient (Wildman–Crippen LogP) is -1.38. The molecule has 0 aliphatic carbocycles. The number of carbonyl (C=O) groups excluding carboxylic acids is 4. The molecule has 29 nitrogen and oxygen atoms in total. The molecule has 1 fully saturated rings. The number of carboxylic acid groups (broad SMARTS) is 4. The second kappa shape index (κ2) is 40.3. The van der Waals surface area contributed by atoms with E-state index in [2.05, 4.69) is 20.7 Å². The number of hydrogen-bond donors (Lipinski definition) is 8. The highest BCUT2D eigenvalue weighted by Crippen LogP contribution is 2.27. The predicted molar refractivity (Wildman–Crippen MR) is 280 cm³/mol. The highest BCUT2D eigenvalue weighted by molar-refractivity contribution is 5.80. The van der Waals surface area contributed by atoms with Crippen molar-refractivity contribution in [2.45, 2.75) is 44.2 Å². The fraction of sp³-hybridized carbons (Fsp3) is 0.627. The zero-order valence-electron chi connectivity index (χ0n) is 46.2. The number of halogens is 4. The van der Waals surface area contributed by atoms with Crippen LogP contribution in [-0.4, -0.2) is 268 Å². The molecule has 0 spiro atoms. The number of carboxylic acids is 4. The molecular formula is C51H74F4N8O21. The maximum atomic E-state index is 13.6. The molecule has 0 radical (unpaired) electrons. The number of benzene rings is 1. The Labute approximate surface area is 479 Å². The van der Waals surface area contributed by atoms with Gasteiger partial charge in [-0.3, -0.25) is 62.8 Å². The van der Waals surface area contributed by atoms with Gasteiger partial charge in [0.25, 0.3) is 5.56 Å². The number of carbonyl (C=O) groups is 8. The first-order valence-corrected chi connectivity index (χ1v) is 26.7. The molecule has 1 aliphatic heterocycles. The summed E-state index contributed by atoms with van der Waals surface area (Å²) in [5, 5.41) is 57.1. The van der Waals surface area contributed by atoms with E-state index in [1.165, 1.54) is 26.8 Å². The monoisotopic (exact) mass is 1210 g/mol. The molecule has 1 aliphatic rings. The Kier molecular flexibility index (Phi) is 34.2. The van der Waals surface area contributed by atoms with E-state index in [0.717, 1.165) is 6.07 Å².